The molecule has 92 valence electrons. The number of halogens is 1. The molecule has 1 heterocycles. The van der Waals surface area contributed by atoms with Crippen molar-refractivity contribution in [2.45, 2.75) is 0 Å². The standard InChI is InChI=1S/C11H7ClN2O3S/c12-9-2-1-8(5-10(9)14(16)17)13-11(15)7-3-4-18-6-7/h1-6H,(H,13,15). The number of nitro benzene ring substituents is 1. The number of hydrogen-bond acceptors (Lipinski definition) is 4. The molecule has 0 aliphatic carbocycles. The zero-order valence-corrected chi connectivity index (χ0v) is 10.5. The van der Waals surface area contributed by atoms with Crippen LogP contribution in [0.1, 0.15) is 10.4 Å². The molecule has 0 aliphatic rings. The van der Waals surface area contributed by atoms with E-state index >= 15 is 0 Å². The van der Waals surface area contributed by atoms with Crippen molar-refractivity contribution in [1.82, 2.24) is 0 Å². The van der Waals surface area contributed by atoms with Gasteiger partial charge in [0.1, 0.15) is 5.02 Å². The van der Waals surface area contributed by atoms with Gasteiger partial charge in [-0.3, -0.25) is 14.9 Å². The first kappa shape index (κ1) is 12.5. The lowest BCUT2D eigenvalue weighted by Crippen LogP contribution is -2.10. The van der Waals surface area contributed by atoms with Crippen molar-refractivity contribution in [3.05, 3.63) is 55.7 Å². The Labute approximate surface area is 111 Å². The Bertz CT molecular complexity index is 598. The van der Waals surface area contributed by atoms with Crippen LogP contribution in [-0.4, -0.2) is 10.8 Å². The van der Waals surface area contributed by atoms with Gasteiger partial charge in [0.25, 0.3) is 11.6 Å². The van der Waals surface area contributed by atoms with Gasteiger partial charge in [0.2, 0.25) is 0 Å². The molecule has 0 unspecified atom stereocenters. The summed E-state index contributed by atoms with van der Waals surface area (Å²) in [6, 6.07) is 5.79. The number of carbonyl (C=O) groups is 1. The fourth-order valence-electron chi connectivity index (χ4n) is 1.33. The second kappa shape index (κ2) is 5.16. The quantitative estimate of drug-likeness (QED) is 0.691. The fraction of sp³-hybridized carbons (Fsp3) is 0. The van der Waals surface area contributed by atoms with Gasteiger partial charge >= 0.3 is 0 Å². The van der Waals surface area contributed by atoms with Crippen LogP contribution in [0.2, 0.25) is 5.02 Å². The summed E-state index contributed by atoms with van der Waals surface area (Å²) in [5.41, 5.74) is 0.611. The second-order valence-electron chi connectivity index (χ2n) is 3.39. The van der Waals surface area contributed by atoms with Crippen molar-refractivity contribution in [2.75, 3.05) is 5.32 Å². The molecule has 18 heavy (non-hydrogen) atoms. The Kier molecular flexibility index (Phi) is 3.59. The first-order chi connectivity index (χ1) is 8.58. The van der Waals surface area contributed by atoms with Crippen molar-refractivity contribution >= 4 is 40.2 Å². The molecule has 0 aliphatic heterocycles. The average Bonchev–Trinajstić information content (AvgIpc) is 2.85. The molecule has 1 aromatic carbocycles. The number of carbonyl (C=O) groups excluding carboxylic acids is 1. The van der Waals surface area contributed by atoms with Crippen LogP contribution in [-0.2, 0) is 0 Å². The van der Waals surface area contributed by atoms with Gasteiger partial charge in [0, 0.05) is 17.1 Å². The first-order valence-electron chi connectivity index (χ1n) is 4.85. The summed E-state index contributed by atoms with van der Waals surface area (Å²) < 4.78 is 0. The van der Waals surface area contributed by atoms with E-state index in [1.165, 1.54) is 29.5 Å². The monoisotopic (exact) mass is 282 g/mol. The van der Waals surface area contributed by atoms with Crippen LogP contribution in [0.5, 0.6) is 0 Å². The van der Waals surface area contributed by atoms with E-state index in [-0.39, 0.29) is 16.6 Å². The summed E-state index contributed by atoms with van der Waals surface area (Å²) in [6.45, 7) is 0. The van der Waals surface area contributed by atoms with E-state index in [2.05, 4.69) is 5.32 Å². The minimum Gasteiger partial charge on any atom is -0.322 e. The minimum absolute atomic E-state index is 0.0357. The minimum atomic E-state index is -0.595. The van der Waals surface area contributed by atoms with Crippen LogP contribution < -0.4 is 5.32 Å². The second-order valence-corrected chi connectivity index (χ2v) is 4.58. The van der Waals surface area contributed by atoms with E-state index in [4.69, 9.17) is 11.6 Å². The summed E-state index contributed by atoms with van der Waals surface area (Å²) in [5, 5.41) is 16.8. The smallest absolute Gasteiger partial charge is 0.289 e. The molecule has 0 saturated heterocycles. The number of amides is 1. The summed E-state index contributed by atoms with van der Waals surface area (Å²) >= 11 is 7.07. The van der Waals surface area contributed by atoms with Crippen LogP contribution >= 0.6 is 22.9 Å². The fourth-order valence-corrected chi connectivity index (χ4v) is 2.15. The van der Waals surface area contributed by atoms with Crippen LogP contribution in [0.3, 0.4) is 0 Å². The molecule has 2 aromatic rings. The van der Waals surface area contributed by atoms with Crippen molar-refractivity contribution < 1.29 is 9.72 Å². The lowest BCUT2D eigenvalue weighted by atomic mass is 10.2. The Morgan fingerprint density at radius 1 is 1.39 bits per heavy atom. The number of benzene rings is 1. The molecule has 1 amide bonds. The van der Waals surface area contributed by atoms with Gasteiger partial charge in [0.05, 0.1) is 10.5 Å². The van der Waals surface area contributed by atoms with E-state index in [1.807, 2.05) is 0 Å². The SMILES string of the molecule is O=C(Nc1ccc(Cl)c([N+](=O)[O-])c1)c1ccsc1. The lowest BCUT2D eigenvalue weighted by Gasteiger charge is -2.04. The van der Waals surface area contributed by atoms with E-state index in [0.717, 1.165) is 0 Å². The van der Waals surface area contributed by atoms with E-state index in [0.29, 0.717) is 11.3 Å². The Morgan fingerprint density at radius 3 is 2.78 bits per heavy atom. The van der Waals surface area contributed by atoms with Crippen LogP contribution in [0.4, 0.5) is 11.4 Å². The molecule has 0 atom stereocenters. The number of nitro groups is 1. The highest BCUT2D eigenvalue weighted by Crippen LogP contribution is 2.27. The van der Waals surface area contributed by atoms with Gasteiger partial charge in [-0.1, -0.05) is 11.6 Å². The normalized spacial score (nSPS) is 10.1. The van der Waals surface area contributed by atoms with Gasteiger partial charge in [-0.2, -0.15) is 11.3 Å². The van der Waals surface area contributed by atoms with Crippen molar-refractivity contribution in [3.8, 4) is 0 Å². The molecular weight excluding hydrogens is 276 g/mol. The highest BCUT2D eigenvalue weighted by atomic mass is 35.5. The van der Waals surface area contributed by atoms with Gasteiger partial charge < -0.3 is 5.32 Å². The molecule has 0 bridgehead atoms. The number of anilines is 1. The highest BCUT2D eigenvalue weighted by molar-refractivity contribution is 7.08. The topological polar surface area (TPSA) is 72.2 Å². The molecule has 7 heteroatoms. The van der Waals surface area contributed by atoms with Gasteiger partial charge in [-0.25, -0.2) is 0 Å². The van der Waals surface area contributed by atoms with Gasteiger partial charge in [0.15, 0.2) is 0 Å². The predicted molar refractivity (Wildman–Crippen MR) is 70.4 cm³/mol. The van der Waals surface area contributed by atoms with E-state index < -0.39 is 4.92 Å². The molecule has 1 N–H and O–H groups in total. The van der Waals surface area contributed by atoms with Gasteiger partial charge in [-0.15, -0.1) is 0 Å². The largest absolute Gasteiger partial charge is 0.322 e. The van der Waals surface area contributed by atoms with Crippen LogP contribution in [0.25, 0.3) is 0 Å². The Balaban J connectivity index is 2.22. The molecule has 0 saturated carbocycles. The first-order valence-corrected chi connectivity index (χ1v) is 6.17. The summed E-state index contributed by atoms with van der Waals surface area (Å²) in [6.07, 6.45) is 0. The third-order valence-corrected chi connectivity index (χ3v) is 3.19. The molecule has 0 spiro atoms. The van der Waals surface area contributed by atoms with E-state index in [1.54, 1.807) is 16.8 Å². The molecular formula is C11H7ClN2O3S. The molecule has 2 rings (SSSR count). The van der Waals surface area contributed by atoms with Gasteiger partial charge in [-0.05, 0) is 23.6 Å². The highest BCUT2D eigenvalue weighted by Gasteiger charge is 2.14. The molecule has 0 radical (unpaired) electrons. The number of thiophene rings is 1. The average molecular weight is 283 g/mol. The number of hydrogen-bond donors (Lipinski definition) is 1. The zero-order valence-electron chi connectivity index (χ0n) is 8.92. The zero-order chi connectivity index (χ0) is 13.1. The summed E-state index contributed by atoms with van der Waals surface area (Å²) in [5.74, 6) is -0.312. The molecule has 1 aromatic heterocycles. The number of rotatable bonds is 3. The maximum absolute atomic E-state index is 11.7. The molecule has 0 fully saturated rings. The molecule has 5 nitrogen and oxygen atoms in total. The van der Waals surface area contributed by atoms with Crippen LogP contribution in [0.15, 0.2) is 35.0 Å². The predicted octanol–water partition coefficient (Wildman–Crippen LogP) is 3.56. The Morgan fingerprint density at radius 2 is 2.17 bits per heavy atom. The Hall–Kier alpha value is -1.92. The summed E-state index contributed by atoms with van der Waals surface area (Å²) in [4.78, 5) is 21.8. The lowest BCUT2D eigenvalue weighted by molar-refractivity contribution is -0.384. The van der Waals surface area contributed by atoms with Crippen molar-refractivity contribution in [1.29, 1.82) is 0 Å². The van der Waals surface area contributed by atoms with Crippen molar-refractivity contribution in [3.63, 3.8) is 0 Å². The van der Waals surface area contributed by atoms with E-state index in [9.17, 15) is 14.9 Å². The third-order valence-electron chi connectivity index (χ3n) is 2.18. The number of nitrogens with zero attached hydrogens (tertiary/aromatic N) is 1. The van der Waals surface area contributed by atoms with Crippen LogP contribution in [0, 0.1) is 10.1 Å². The number of nitrogens with one attached hydrogen (secondary N) is 1. The summed E-state index contributed by atoms with van der Waals surface area (Å²) in [7, 11) is 0. The van der Waals surface area contributed by atoms with Crippen molar-refractivity contribution in [2.24, 2.45) is 0 Å². The maximum Gasteiger partial charge on any atom is 0.289 e. The maximum atomic E-state index is 11.7. The third kappa shape index (κ3) is 2.66.